The largest absolute Gasteiger partial charge is 0.414 e. The van der Waals surface area contributed by atoms with Crippen LogP contribution in [-0.2, 0) is 5.41 Å². The van der Waals surface area contributed by atoms with E-state index in [2.05, 4.69) is 36.1 Å². The third-order valence-corrected chi connectivity index (χ3v) is 6.11. The summed E-state index contributed by atoms with van der Waals surface area (Å²) in [6, 6.07) is 14.0. The second kappa shape index (κ2) is 8.77. The van der Waals surface area contributed by atoms with Crippen molar-refractivity contribution in [3.63, 3.8) is 0 Å². The summed E-state index contributed by atoms with van der Waals surface area (Å²) in [4.78, 5) is 15.5. The van der Waals surface area contributed by atoms with Gasteiger partial charge in [-0.3, -0.25) is 4.98 Å². The van der Waals surface area contributed by atoms with Gasteiger partial charge in [-0.05, 0) is 56.7 Å². The molecular weight excluding hydrogens is 442 g/mol. The molecule has 10 heteroatoms. The highest BCUT2D eigenvalue weighted by molar-refractivity contribution is 5.69. The summed E-state index contributed by atoms with van der Waals surface area (Å²) in [6.07, 6.45) is 4.20. The molecule has 3 aromatic heterocycles. The SMILES string of the molecule is CC(C)(C#N)c1cc(-c2cnc(N)c(-c3nnc(-c4ccc(N5CC[C@H](N)C5)cc4)o3)n2)ccn1. The molecule has 0 saturated carbocycles. The van der Waals surface area contributed by atoms with Gasteiger partial charge in [0.15, 0.2) is 11.5 Å². The number of anilines is 2. The Morgan fingerprint density at radius 2 is 1.86 bits per heavy atom. The van der Waals surface area contributed by atoms with Gasteiger partial charge in [0.05, 0.1) is 29.1 Å². The maximum Gasteiger partial charge on any atom is 0.270 e. The van der Waals surface area contributed by atoms with Gasteiger partial charge >= 0.3 is 0 Å². The molecular formula is C25H25N9O. The first-order valence-electron chi connectivity index (χ1n) is 11.3. The van der Waals surface area contributed by atoms with Crippen molar-refractivity contribution in [3.05, 3.63) is 54.5 Å². The van der Waals surface area contributed by atoms with E-state index in [1.165, 1.54) is 0 Å². The smallest absolute Gasteiger partial charge is 0.270 e. The van der Waals surface area contributed by atoms with Crippen LogP contribution in [0.25, 0.3) is 34.3 Å². The van der Waals surface area contributed by atoms with E-state index in [-0.39, 0.29) is 17.8 Å². The van der Waals surface area contributed by atoms with Gasteiger partial charge in [-0.2, -0.15) is 5.26 Å². The van der Waals surface area contributed by atoms with Crippen LogP contribution in [0.2, 0.25) is 0 Å². The standard InChI is InChI=1S/C25H25N9O/c1-25(2,14-26)20-11-16(7-9-29-20)19-12-30-22(28)21(31-19)24-33-32-23(35-24)15-3-5-18(6-4-15)34-10-8-17(27)13-34/h3-7,9,11-12,17H,8,10,13,27H2,1-2H3,(H2,28,30)/t17-/m0/s1. The third kappa shape index (κ3) is 4.41. The molecule has 0 aliphatic carbocycles. The minimum Gasteiger partial charge on any atom is -0.414 e. The Labute approximate surface area is 202 Å². The van der Waals surface area contributed by atoms with Crippen LogP contribution in [0.5, 0.6) is 0 Å². The Hall–Kier alpha value is -4.36. The van der Waals surface area contributed by atoms with Crippen LogP contribution in [0.3, 0.4) is 0 Å². The van der Waals surface area contributed by atoms with E-state index < -0.39 is 5.41 Å². The van der Waals surface area contributed by atoms with Gasteiger partial charge in [0.2, 0.25) is 5.89 Å². The van der Waals surface area contributed by atoms with Crippen molar-refractivity contribution in [2.75, 3.05) is 23.7 Å². The molecule has 0 unspecified atom stereocenters. The van der Waals surface area contributed by atoms with Crippen molar-refractivity contribution >= 4 is 11.5 Å². The molecule has 1 aliphatic heterocycles. The molecule has 35 heavy (non-hydrogen) atoms. The lowest BCUT2D eigenvalue weighted by molar-refractivity contribution is 0.582. The number of pyridine rings is 1. The number of hydrogen-bond acceptors (Lipinski definition) is 10. The number of nitrogens with two attached hydrogens (primary N) is 2. The van der Waals surface area contributed by atoms with E-state index in [0.717, 1.165) is 36.3 Å². The van der Waals surface area contributed by atoms with Crippen molar-refractivity contribution in [2.45, 2.75) is 31.7 Å². The Balaban J connectivity index is 1.42. The lowest BCUT2D eigenvalue weighted by atomic mass is 9.90. The van der Waals surface area contributed by atoms with Gasteiger partial charge in [-0.25, -0.2) is 9.97 Å². The molecule has 1 aliphatic rings. The summed E-state index contributed by atoms with van der Waals surface area (Å²) in [7, 11) is 0. The zero-order valence-electron chi connectivity index (χ0n) is 19.5. The van der Waals surface area contributed by atoms with Crippen LogP contribution in [0, 0.1) is 11.3 Å². The molecule has 0 amide bonds. The van der Waals surface area contributed by atoms with Crippen LogP contribution in [-0.4, -0.2) is 44.3 Å². The lowest BCUT2D eigenvalue weighted by Crippen LogP contribution is -2.26. The number of nitriles is 1. The van der Waals surface area contributed by atoms with E-state index in [4.69, 9.17) is 15.9 Å². The highest BCUT2D eigenvalue weighted by atomic mass is 16.4. The maximum absolute atomic E-state index is 9.45. The van der Waals surface area contributed by atoms with Crippen LogP contribution < -0.4 is 16.4 Å². The Morgan fingerprint density at radius 1 is 1.09 bits per heavy atom. The number of benzene rings is 1. The molecule has 1 aromatic carbocycles. The number of nitrogens with zero attached hydrogens (tertiary/aromatic N) is 7. The molecule has 0 bridgehead atoms. The number of aromatic nitrogens is 5. The second-order valence-corrected chi connectivity index (χ2v) is 9.11. The summed E-state index contributed by atoms with van der Waals surface area (Å²) >= 11 is 0. The molecule has 10 nitrogen and oxygen atoms in total. The van der Waals surface area contributed by atoms with Gasteiger partial charge < -0.3 is 20.8 Å². The van der Waals surface area contributed by atoms with Gasteiger partial charge in [-0.1, -0.05) is 0 Å². The molecule has 5 rings (SSSR count). The maximum atomic E-state index is 9.45. The molecule has 4 N–H and O–H groups in total. The van der Waals surface area contributed by atoms with Crippen molar-refractivity contribution in [3.8, 4) is 40.4 Å². The van der Waals surface area contributed by atoms with E-state index >= 15 is 0 Å². The van der Waals surface area contributed by atoms with Crippen LogP contribution in [0.15, 0.2) is 53.2 Å². The average molecular weight is 468 g/mol. The summed E-state index contributed by atoms with van der Waals surface area (Å²) in [5, 5.41) is 17.8. The first-order chi connectivity index (χ1) is 16.8. The summed E-state index contributed by atoms with van der Waals surface area (Å²) in [5.74, 6) is 0.711. The first-order valence-corrected chi connectivity index (χ1v) is 11.3. The Morgan fingerprint density at radius 3 is 2.57 bits per heavy atom. The lowest BCUT2D eigenvalue weighted by Gasteiger charge is -2.17. The molecule has 4 aromatic rings. The average Bonchev–Trinajstić information content (AvgIpc) is 3.54. The predicted octanol–water partition coefficient (Wildman–Crippen LogP) is 3.18. The van der Waals surface area contributed by atoms with E-state index in [9.17, 15) is 5.26 Å². The number of nitrogen functional groups attached to an aromatic ring is 1. The van der Waals surface area contributed by atoms with Crippen molar-refractivity contribution < 1.29 is 4.42 Å². The molecule has 0 spiro atoms. The molecule has 176 valence electrons. The quantitative estimate of drug-likeness (QED) is 0.446. The molecule has 1 fully saturated rings. The molecule has 0 radical (unpaired) electrons. The van der Waals surface area contributed by atoms with E-state index in [1.54, 1.807) is 18.5 Å². The zero-order chi connectivity index (χ0) is 24.6. The van der Waals surface area contributed by atoms with Gasteiger partial charge in [0.25, 0.3) is 5.89 Å². The van der Waals surface area contributed by atoms with E-state index in [0.29, 0.717) is 23.0 Å². The first kappa shape index (κ1) is 22.4. The fourth-order valence-electron chi connectivity index (χ4n) is 3.96. The van der Waals surface area contributed by atoms with Crippen molar-refractivity contribution in [2.24, 2.45) is 5.73 Å². The summed E-state index contributed by atoms with van der Waals surface area (Å²) in [6.45, 7) is 5.43. The van der Waals surface area contributed by atoms with Crippen LogP contribution >= 0.6 is 0 Å². The minimum atomic E-state index is -0.738. The molecule has 4 heterocycles. The summed E-state index contributed by atoms with van der Waals surface area (Å²) in [5.41, 5.74) is 15.5. The van der Waals surface area contributed by atoms with Gasteiger partial charge in [0.1, 0.15) is 0 Å². The fourth-order valence-corrected chi connectivity index (χ4v) is 3.96. The highest BCUT2D eigenvalue weighted by Crippen LogP contribution is 2.30. The third-order valence-electron chi connectivity index (χ3n) is 6.11. The molecule has 1 saturated heterocycles. The normalized spacial score (nSPS) is 15.8. The highest BCUT2D eigenvalue weighted by Gasteiger charge is 2.23. The topological polar surface area (TPSA) is 157 Å². The Bertz CT molecular complexity index is 1410. The second-order valence-electron chi connectivity index (χ2n) is 9.11. The Kier molecular flexibility index (Phi) is 5.62. The van der Waals surface area contributed by atoms with Crippen LogP contribution in [0.1, 0.15) is 26.0 Å². The summed E-state index contributed by atoms with van der Waals surface area (Å²) < 4.78 is 5.91. The minimum absolute atomic E-state index is 0.174. The van der Waals surface area contributed by atoms with Crippen molar-refractivity contribution in [1.29, 1.82) is 5.26 Å². The number of hydrogen-bond donors (Lipinski definition) is 2. The monoisotopic (exact) mass is 467 g/mol. The van der Waals surface area contributed by atoms with Crippen LogP contribution in [0.4, 0.5) is 11.5 Å². The molecule has 1 atom stereocenters. The zero-order valence-corrected chi connectivity index (χ0v) is 19.5. The number of rotatable bonds is 5. The van der Waals surface area contributed by atoms with Gasteiger partial charge in [0, 0.05) is 42.1 Å². The van der Waals surface area contributed by atoms with Crippen molar-refractivity contribution in [1.82, 2.24) is 25.1 Å². The fraction of sp³-hybridized carbons (Fsp3) is 0.280. The predicted molar refractivity (Wildman–Crippen MR) is 132 cm³/mol. The van der Waals surface area contributed by atoms with E-state index in [1.807, 2.05) is 44.2 Å². The van der Waals surface area contributed by atoms with Gasteiger partial charge in [-0.15, -0.1) is 10.2 Å².